The molecule has 1 aliphatic rings. The summed E-state index contributed by atoms with van der Waals surface area (Å²) in [5.74, 6) is -0.585. The number of imidazole rings is 1. The highest BCUT2D eigenvalue weighted by Crippen LogP contribution is 2.27. The number of hydrogen-bond donors (Lipinski definition) is 2. The Morgan fingerprint density at radius 1 is 1.08 bits per heavy atom. The van der Waals surface area contributed by atoms with Crippen molar-refractivity contribution in [3.8, 4) is 0 Å². The van der Waals surface area contributed by atoms with Gasteiger partial charge < -0.3 is 15.2 Å². The van der Waals surface area contributed by atoms with E-state index in [0.29, 0.717) is 37.0 Å². The predicted octanol–water partition coefficient (Wildman–Crippen LogP) is 4.65. The van der Waals surface area contributed by atoms with Crippen molar-refractivity contribution in [2.75, 3.05) is 11.9 Å². The summed E-state index contributed by atoms with van der Waals surface area (Å²) >= 11 is 0. The van der Waals surface area contributed by atoms with Gasteiger partial charge in [0, 0.05) is 48.8 Å². The Morgan fingerprint density at radius 3 is 2.41 bits per heavy atom. The monoisotopic (exact) mass is 534 g/mol. The van der Waals surface area contributed by atoms with Crippen molar-refractivity contribution in [2.24, 2.45) is 5.73 Å². The van der Waals surface area contributed by atoms with E-state index in [1.165, 1.54) is 30.7 Å². The Morgan fingerprint density at radius 2 is 1.77 bits per heavy atom. The highest BCUT2D eigenvalue weighted by atomic mass is 16.6. The normalized spacial score (nSPS) is 13.8. The fourth-order valence-electron chi connectivity index (χ4n) is 5.19. The Bertz CT molecular complexity index is 1360. The number of hydrogen-bond acceptors (Lipinski definition) is 6. The molecule has 206 valence electrons. The maximum atomic E-state index is 13.5. The largest absolute Gasteiger partial charge is 0.370 e. The van der Waals surface area contributed by atoms with E-state index < -0.39 is 10.8 Å². The van der Waals surface area contributed by atoms with Crippen LogP contribution in [0.1, 0.15) is 79.0 Å². The topological polar surface area (TPSA) is 153 Å². The Kier molecular flexibility index (Phi) is 8.90. The molecule has 11 heteroatoms. The summed E-state index contributed by atoms with van der Waals surface area (Å²) in [6.07, 6.45) is 6.95. The molecule has 3 aromatic rings. The minimum absolute atomic E-state index is 0.0289. The number of carbonyl (C=O) groups is 3. The summed E-state index contributed by atoms with van der Waals surface area (Å²) in [5, 5.41) is 13.8. The molecule has 0 radical (unpaired) electrons. The molecule has 0 atom stereocenters. The molecule has 0 unspecified atom stereocenters. The maximum absolute atomic E-state index is 13.5. The van der Waals surface area contributed by atoms with Gasteiger partial charge in [-0.3, -0.25) is 29.8 Å². The number of anilines is 1. The third-order valence-electron chi connectivity index (χ3n) is 7.23. The zero-order chi connectivity index (χ0) is 27.9. The summed E-state index contributed by atoms with van der Waals surface area (Å²) < 4.78 is 1.84. The molecule has 0 spiro atoms. The van der Waals surface area contributed by atoms with Crippen LogP contribution in [0.5, 0.6) is 0 Å². The molecule has 1 aromatic heterocycles. The van der Waals surface area contributed by atoms with Gasteiger partial charge in [0.15, 0.2) is 0 Å². The molecule has 0 saturated heterocycles. The second-order valence-electron chi connectivity index (χ2n) is 9.86. The first-order valence-electron chi connectivity index (χ1n) is 13.4. The molecule has 4 rings (SSSR count). The van der Waals surface area contributed by atoms with Gasteiger partial charge in [0.05, 0.1) is 16.0 Å². The van der Waals surface area contributed by atoms with E-state index in [9.17, 15) is 24.5 Å². The first-order chi connectivity index (χ1) is 18.8. The number of amides is 3. The second kappa shape index (κ2) is 12.5. The van der Waals surface area contributed by atoms with Crippen LogP contribution in [-0.4, -0.2) is 49.7 Å². The van der Waals surface area contributed by atoms with Crippen LogP contribution in [-0.2, 0) is 11.3 Å². The molecule has 1 heterocycles. The average molecular weight is 535 g/mol. The quantitative estimate of drug-likeness (QED) is 0.207. The molecule has 2 aromatic carbocycles. The lowest BCUT2D eigenvalue weighted by Gasteiger charge is -2.33. The highest BCUT2D eigenvalue weighted by Gasteiger charge is 2.26. The van der Waals surface area contributed by atoms with Gasteiger partial charge in [-0.05, 0) is 62.9 Å². The van der Waals surface area contributed by atoms with Crippen LogP contribution < -0.4 is 11.1 Å². The van der Waals surface area contributed by atoms with Crippen molar-refractivity contribution in [2.45, 2.75) is 70.9 Å². The Hall–Kier alpha value is -4.28. The van der Waals surface area contributed by atoms with Crippen LogP contribution in [0, 0.1) is 10.1 Å². The minimum atomic E-state index is -0.528. The van der Waals surface area contributed by atoms with Crippen LogP contribution in [0.4, 0.5) is 11.6 Å². The lowest BCUT2D eigenvalue weighted by atomic mass is 9.93. The third kappa shape index (κ3) is 6.60. The number of aromatic nitrogens is 2. The molecule has 1 fully saturated rings. The molecule has 0 bridgehead atoms. The molecule has 3 N–H and O–H groups in total. The van der Waals surface area contributed by atoms with Gasteiger partial charge in [0.1, 0.15) is 0 Å². The molecule has 1 saturated carbocycles. The van der Waals surface area contributed by atoms with Crippen LogP contribution in [0.15, 0.2) is 42.5 Å². The lowest BCUT2D eigenvalue weighted by molar-refractivity contribution is -0.384. The van der Waals surface area contributed by atoms with Gasteiger partial charge in [0.2, 0.25) is 11.9 Å². The van der Waals surface area contributed by atoms with E-state index in [4.69, 9.17) is 5.73 Å². The smallest absolute Gasteiger partial charge is 0.269 e. The number of nitrogens with one attached hydrogen (secondary N) is 1. The van der Waals surface area contributed by atoms with Gasteiger partial charge in [-0.25, -0.2) is 4.98 Å². The Balaban J connectivity index is 1.61. The molecule has 11 nitrogen and oxygen atoms in total. The molecular weight excluding hydrogens is 500 g/mol. The minimum Gasteiger partial charge on any atom is -0.370 e. The lowest BCUT2D eigenvalue weighted by Crippen LogP contribution is -2.41. The van der Waals surface area contributed by atoms with E-state index in [1.54, 1.807) is 12.1 Å². The van der Waals surface area contributed by atoms with Crippen LogP contribution in [0.3, 0.4) is 0 Å². The van der Waals surface area contributed by atoms with Gasteiger partial charge in [-0.1, -0.05) is 19.3 Å². The zero-order valence-electron chi connectivity index (χ0n) is 22.1. The van der Waals surface area contributed by atoms with Crippen molar-refractivity contribution in [3.63, 3.8) is 0 Å². The van der Waals surface area contributed by atoms with Gasteiger partial charge in [-0.15, -0.1) is 0 Å². The summed E-state index contributed by atoms with van der Waals surface area (Å²) in [5.41, 5.74) is 7.26. The number of carbonyl (C=O) groups excluding carboxylic acids is 3. The summed E-state index contributed by atoms with van der Waals surface area (Å²) in [7, 11) is 0. The van der Waals surface area contributed by atoms with Crippen LogP contribution in [0.2, 0.25) is 0 Å². The first-order valence-corrected chi connectivity index (χ1v) is 13.4. The van der Waals surface area contributed by atoms with Crippen molar-refractivity contribution < 1.29 is 19.3 Å². The first kappa shape index (κ1) is 27.7. The molecule has 1 aliphatic carbocycles. The number of aryl methyl sites for hydroxylation is 1. The highest BCUT2D eigenvalue weighted by molar-refractivity contribution is 6.04. The van der Waals surface area contributed by atoms with Crippen LogP contribution >= 0.6 is 0 Å². The van der Waals surface area contributed by atoms with Crippen molar-refractivity contribution in [3.05, 3.63) is 63.7 Å². The van der Waals surface area contributed by atoms with E-state index in [-0.39, 0.29) is 41.5 Å². The number of fused-ring (bicyclic) bond motifs is 1. The van der Waals surface area contributed by atoms with Gasteiger partial charge in [-0.2, -0.15) is 0 Å². The molecule has 3 amide bonds. The van der Waals surface area contributed by atoms with Crippen molar-refractivity contribution in [1.82, 2.24) is 14.5 Å². The third-order valence-corrected chi connectivity index (χ3v) is 7.23. The summed E-state index contributed by atoms with van der Waals surface area (Å²) in [6, 6.07) is 10.9. The number of nitrogens with two attached hydrogens (primary N) is 1. The standard InChI is InChI=1S/C28H34N6O5/c1-2-32(21-8-4-3-5-9-21)27(37)20-13-16-24-23(18-20)30-28(33(24)17-7-6-10-25(29)35)31-26(36)19-11-14-22(15-12-19)34(38)39/h11-16,18,21H,2-10,17H2,1H3,(H2,29,35)(H,30,31,36). The van der Waals surface area contributed by atoms with E-state index in [0.717, 1.165) is 31.2 Å². The van der Waals surface area contributed by atoms with Crippen molar-refractivity contribution >= 4 is 40.4 Å². The average Bonchev–Trinajstić information content (AvgIpc) is 3.27. The number of unbranched alkanes of at least 4 members (excludes halogenated alkanes) is 1. The summed E-state index contributed by atoms with van der Waals surface area (Å²) in [6.45, 7) is 3.10. The SMILES string of the molecule is CCN(C(=O)c1ccc2c(c1)nc(NC(=O)c1ccc([N+](=O)[O-])cc1)n2CCCCC(N)=O)C1CCCCC1. The number of non-ortho nitro benzene ring substituents is 1. The van der Waals surface area contributed by atoms with Crippen molar-refractivity contribution in [1.29, 1.82) is 0 Å². The number of nitrogens with zero attached hydrogens (tertiary/aromatic N) is 4. The fraction of sp³-hybridized carbons (Fsp3) is 0.429. The van der Waals surface area contributed by atoms with E-state index >= 15 is 0 Å². The van der Waals surface area contributed by atoms with Gasteiger partial charge in [0.25, 0.3) is 17.5 Å². The molecule has 0 aliphatic heterocycles. The second-order valence-corrected chi connectivity index (χ2v) is 9.86. The maximum Gasteiger partial charge on any atom is 0.269 e. The number of primary amides is 1. The number of rotatable bonds is 11. The molecular formula is C28H34N6O5. The Labute approximate surface area is 226 Å². The van der Waals surface area contributed by atoms with E-state index in [2.05, 4.69) is 10.3 Å². The fourth-order valence-corrected chi connectivity index (χ4v) is 5.19. The van der Waals surface area contributed by atoms with Gasteiger partial charge >= 0.3 is 0 Å². The number of nitro benzene ring substituents is 1. The summed E-state index contributed by atoms with van der Waals surface area (Å²) in [4.78, 5) is 54.6. The molecule has 39 heavy (non-hydrogen) atoms. The predicted molar refractivity (Wildman–Crippen MR) is 147 cm³/mol. The van der Waals surface area contributed by atoms with E-state index in [1.807, 2.05) is 22.5 Å². The number of nitro groups is 1. The number of benzene rings is 2. The van der Waals surface area contributed by atoms with Crippen LogP contribution in [0.25, 0.3) is 11.0 Å². The zero-order valence-corrected chi connectivity index (χ0v) is 22.1.